The Morgan fingerprint density at radius 1 is 1.20 bits per heavy atom. The number of rotatable bonds is 5. The Balaban J connectivity index is 1.89. The van der Waals surface area contributed by atoms with Crippen molar-refractivity contribution in [1.82, 2.24) is 4.98 Å². The molecule has 0 saturated carbocycles. The summed E-state index contributed by atoms with van der Waals surface area (Å²) in [5, 5.41) is 23.1. The number of ether oxygens (including phenoxy) is 1. The molecule has 0 bridgehead atoms. The van der Waals surface area contributed by atoms with Gasteiger partial charge in [0.05, 0.1) is 23.7 Å². The van der Waals surface area contributed by atoms with Crippen LogP contribution in [-0.4, -0.2) is 47.3 Å². The number of aromatic nitrogens is 1. The van der Waals surface area contributed by atoms with Crippen LogP contribution < -0.4 is 10.2 Å². The fourth-order valence-corrected chi connectivity index (χ4v) is 2.48. The Labute approximate surface area is 143 Å². The molecule has 130 valence electrons. The smallest absolute Gasteiger partial charge is 0.335 e. The lowest BCUT2D eigenvalue weighted by atomic mass is 10.2. The Hall–Kier alpha value is -3.20. The zero-order valence-electron chi connectivity index (χ0n) is 13.2. The van der Waals surface area contributed by atoms with Crippen molar-refractivity contribution in [2.24, 2.45) is 0 Å². The first-order valence-electron chi connectivity index (χ1n) is 7.63. The third-order valence-electron chi connectivity index (χ3n) is 3.79. The van der Waals surface area contributed by atoms with E-state index in [-0.39, 0.29) is 17.1 Å². The minimum absolute atomic E-state index is 0.108. The van der Waals surface area contributed by atoms with Gasteiger partial charge in [0, 0.05) is 24.8 Å². The molecule has 1 aliphatic heterocycles. The van der Waals surface area contributed by atoms with Crippen LogP contribution in [0, 0.1) is 10.1 Å². The van der Waals surface area contributed by atoms with Crippen molar-refractivity contribution < 1.29 is 19.6 Å². The number of nitro groups is 1. The lowest BCUT2D eigenvalue weighted by molar-refractivity contribution is -0.384. The number of nitrogens with zero attached hydrogens (tertiary/aromatic N) is 3. The average Bonchev–Trinajstić information content (AvgIpc) is 2.62. The Morgan fingerprint density at radius 3 is 2.48 bits per heavy atom. The molecule has 2 N–H and O–H groups in total. The molecule has 0 unspecified atom stereocenters. The van der Waals surface area contributed by atoms with Gasteiger partial charge in [0.1, 0.15) is 5.82 Å². The van der Waals surface area contributed by atoms with Crippen molar-refractivity contribution in [3.05, 3.63) is 52.1 Å². The number of aromatic carboxylic acids is 1. The number of nitrogens with one attached hydrogen (secondary N) is 1. The predicted molar refractivity (Wildman–Crippen MR) is 90.6 cm³/mol. The molecule has 9 heteroatoms. The van der Waals surface area contributed by atoms with Gasteiger partial charge in [0.2, 0.25) is 5.82 Å². The molecule has 2 aromatic rings. The summed E-state index contributed by atoms with van der Waals surface area (Å²) in [4.78, 5) is 28.0. The van der Waals surface area contributed by atoms with E-state index in [1.165, 1.54) is 30.3 Å². The minimum Gasteiger partial charge on any atom is -0.478 e. The summed E-state index contributed by atoms with van der Waals surface area (Å²) < 4.78 is 5.30. The monoisotopic (exact) mass is 344 g/mol. The number of carbonyl (C=O) groups is 1. The van der Waals surface area contributed by atoms with Gasteiger partial charge in [-0.15, -0.1) is 0 Å². The maximum atomic E-state index is 11.3. The molecule has 0 aliphatic carbocycles. The van der Waals surface area contributed by atoms with E-state index >= 15 is 0 Å². The van der Waals surface area contributed by atoms with Crippen LogP contribution in [0.25, 0.3) is 0 Å². The van der Waals surface area contributed by atoms with Gasteiger partial charge in [-0.2, -0.15) is 0 Å². The number of carboxylic acids is 1. The zero-order chi connectivity index (χ0) is 17.8. The summed E-state index contributed by atoms with van der Waals surface area (Å²) in [5.41, 5.74) is 0.495. The van der Waals surface area contributed by atoms with Crippen molar-refractivity contribution >= 4 is 29.0 Å². The molecule has 2 heterocycles. The van der Waals surface area contributed by atoms with Gasteiger partial charge in [0.25, 0.3) is 0 Å². The fraction of sp³-hybridized carbons (Fsp3) is 0.250. The highest BCUT2D eigenvalue weighted by Crippen LogP contribution is 2.29. The maximum absolute atomic E-state index is 11.3. The topological polar surface area (TPSA) is 118 Å². The van der Waals surface area contributed by atoms with Gasteiger partial charge in [-0.25, -0.2) is 9.78 Å². The number of anilines is 3. The summed E-state index contributed by atoms with van der Waals surface area (Å²) in [6, 6.07) is 8.94. The molecule has 25 heavy (non-hydrogen) atoms. The van der Waals surface area contributed by atoms with Crippen LogP contribution in [0.3, 0.4) is 0 Å². The largest absolute Gasteiger partial charge is 0.478 e. The number of morpholine rings is 1. The van der Waals surface area contributed by atoms with Crippen molar-refractivity contribution in [1.29, 1.82) is 0 Å². The van der Waals surface area contributed by atoms with E-state index in [9.17, 15) is 14.9 Å². The van der Waals surface area contributed by atoms with E-state index in [1.54, 1.807) is 6.07 Å². The summed E-state index contributed by atoms with van der Waals surface area (Å²) >= 11 is 0. The highest BCUT2D eigenvalue weighted by Gasteiger charge is 2.20. The predicted octanol–water partition coefficient (Wildman–Crippen LogP) is 2.27. The molecular formula is C16H16N4O5. The van der Waals surface area contributed by atoms with Crippen molar-refractivity contribution in [3.63, 3.8) is 0 Å². The van der Waals surface area contributed by atoms with Crippen LogP contribution >= 0.6 is 0 Å². The Kier molecular flexibility index (Phi) is 4.75. The first-order valence-corrected chi connectivity index (χ1v) is 7.63. The van der Waals surface area contributed by atoms with Gasteiger partial charge in [-0.3, -0.25) is 10.1 Å². The Bertz CT molecular complexity index is 788. The molecule has 1 aromatic carbocycles. The van der Waals surface area contributed by atoms with Crippen molar-refractivity contribution in [3.8, 4) is 0 Å². The molecule has 1 saturated heterocycles. The molecule has 1 aliphatic rings. The van der Waals surface area contributed by atoms with Gasteiger partial charge < -0.3 is 20.1 Å². The number of hydrogen-bond acceptors (Lipinski definition) is 7. The second kappa shape index (κ2) is 7.14. The third kappa shape index (κ3) is 3.83. The molecule has 1 fully saturated rings. The molecule has 9 nitrogen and oxygen atoms in total. The highest BCUT2D eigenvalue weighted by molar-refractivity contribution is 5.88. The summed E-state index contributed by atoms with van der Waals surface area (Å²) in [6.07, 6.45) is 0. The average molecular weight is 344 g/mol. The molecule has 0 atom stereocenters. The third-order valence-corrected chi connectivity index (χ3v) is 3.79. The quantitative estimate of drug-likeness (QED) is 0.626. The zero-order valence-corrected chi connectivity index (χ0v) is 13.2. The van der Waals surface area contributed by atoms with Gasteiger partial charge in [0.15, 0.2) is 0 Å². The number of carboxylic acid groups (broad SMARTS) is 1. The first kappa shape index (κ1) is 16.7. The van der Waals surface area contributed by atoms with Crippen molar-refractivity contribution in [2.45, 2.75) is 0 Å². The summed E-state index contributed by atoms with van der Waals surface area (Å²) in [7, 11) is 0. The van der Waals surface area contributed by atoms with E-state index < -0.39 is 10.9 Å². The van der Waals surface area contributed by atoms with E-state index in [0.29, 0.717) is 37.8 Å². The standard InChI is InChI=1S/C16H16N4O5/c21-16(22)11-1-3-12(4-2-11)17-15-13(20(23)24)5-6-14(18-15)19-7-9-25-10-8-19/h1-6H,7-10H2,(H,17,18)(H,21,22). The summed E-state index contributed by atoms with van der Waals surface area (Å²) in [5.74, 6) is -0.305. The van der Waals surface area contributed by atoms with Crippen LogP contribution in [0.1, 0.15) is 10.4 Å². The summed E-state index contributed by atoms with van der Waals surface area (Å²) in [6.45, 7) is 2.49. The Morgan fingerprint density at radius 2 is 1.88 bits per heavy atom. The lowest BCUT2D eigenvalue weighted by Crippen LogP contribution is -2.36. The number of pyridine rings is 1. The first-order chi connectivity index (χ1) is 12.0. The molecule has 1 aromatic heterocycles. The number of hydrogen-bond donors (Lipinski definition) is 2. The lowest BCUT2D eigenvalue weighted by Gasteiger charge is -2.28. The number of benzene rings is 1. The van der Waals surface area contributed by atoms with Gasteiger partial charge in [-0.1, -0.05) is 0 Å². The van der Waals surface area contributed by atoms with Crippen LogP contribution in [-0.2, 0) is 4.74 Å². The van der Waals surface area contributed by atoms with E-state index in [4.69, 9.17) is 9.84 Å². The fourth-order valence-electron chi connectivity index (χ4n) is 2.48. The van der Waals surface area contributed by atoms with Crippen LogP contribution in [0.15, 0.2) is 36.4 Å². The van der Waals surface area contributed by atoms with E-state index in [2.05, 4.69) is 10.3 Å². The van der Waals surface area contributed by atoms with Crippen LogP contribution in [0.5, 0.6) is 0 Å². The van der Waals surface area contributed by atoms with E-state index in [1.807, 2.05) is 4.90 Å². The normalized spacial score (nSPS) is 14.2. The van der Waals surface area contributed by atoms with Crippen molar-refractivity contribution in [2.75, 3.05) is 36.5 Å². The SMILES string of the molecule is O=C(O)c1ccc(Nc2nc(N3CCOCC3)ccc2[N+](=O)[O-])cc1. The van der Waals surface area contributed by atoms with E-state index in [0.717, 1.165) is 0 Å². The minimum atomic E-state index is -1.04. The van der Waals surface area contributed by atoms with Crippen LogP contribution in [0.2, 0.25) is 0 Å². The second-order valence-corrected chi connectivity index (χ2v) is 5.40. The highest BCUT2D eigenvalue weighted by atomic mass is 16.6. The second-order valence-electron chi connectivity index (χ2n) is 5.40. The van der Waals surface area contributed by atoms with Gasteiger partial charge in [-0.05, 0) is 30.3 Å². The van der Waals surface area contributed by atoms with Gasteiger partial charge >= 0.3 is 11.7 Å². The molecule has 0 radical (unpaired) electrons. The molecule has 3 rings (SSSR count). The molecular weight excluding hydrogens is 328 g/mol. The van der Waals surface area contributed by atoms with Crippen LogP contribution in [0.4, 0.5) is 23.0 Å². The molecule has 0 spiro atoms. The maximum Gasteiger partial charge on any atom is 0.335 e. The molecule has 0 amide bonds.